The second-order valence-corrected chi connectivity index (χ2v) is 16.5. The van der Waals surface area contributed by atoms with Crippen LogP contribution in [0.5, 0.6) is 11.8 Å². The molecular weight excluding hydrogens is 746 g/mol. The van der Waals surface area contributed by atoms with Gasteiger partial charge in [0.1, 0.15) is 35.6 Å². The van der Waals surface area contributed by atoms with Gasteiger partial charge in [-0.25, -0.2) is 27.2 Å². The fourth-order valence-corrected chi connectivity index (χ4v) is 9.51. The van der Waals surface area contributed by atoms with Crippen LogP contribution in [0.2, 0.25) is 0 Å². The molecule has 6 bridgehead atoms. The van der Waals surface area contributed by atoms with Crippen LogP contribution in [0.1, 0.15) is 63.9 Å². The van der Waals surface area contributed by atoms with E-state index in [1.54, 1.807) is 6.07 Å². The van der Waals surface area contributed by atoms with Gasteiger partial charge < -0.3 is 29.3 Å². The Morgan fingerprint density at radius 1 is 1.05 bits per heavy atom. The summed E-state index contributed by atoms with van der Waals surface area (Å²) in [5, 5.41) is 4.66. The van der Waals surface area contributed by atoms with Gasteiger partial charge in [0.25, 0.3) is 5.92 Å². The first-order valence-electron chi connectivity index (χ1n) is 19.9. The number of piperidine rings is 2. The van der Waals surface area contributed by atoms with Crippen molar-refractivity contribution in [2.75, 3.05) is 57.4 Å². The van der Waals surface area contributed by atoms with Gasteiger partial charge >= 0.3 is 18.2 Å². The molecule has 16 heteroatoms. The third-order valence-corrected chi connectivity index (χ3v) is 12.3. The first kappa shape index (κ1) is 37.6. The number of nitrogens with zero attached hydrogens (tertiary/aromatic N) is 6. The number of hydrogen-bond acceptors (Lipinski definition) is 10. The lowest BCUT2D eigenvalue weighted by Crippen LogP contribution is -2.57. The Morgan fingerprint density at radius 3 is 2.72 bits per heavy atom. The van der Waals surface area contributed by atoms with E-state index >= 15 is 4.39 Å². The number of alkyl carbamates (subject to hydrolysis) is 1. The van der Waals surface area contributed by atoms with Gasteiger partial charge in [0.05, 0.1) is 23.1 Å². The van der Waals surface area contributed by atoms with Crippen molar-refractivity contribution in [3.8, 4) is 23.0 Å². The molecule has 12 nitrogen and oxygen atoms in total. The van der Waals surface area contributed by atoms with Crippen molar-refractivity contribution in [1.82, 2.24) is 30.1 Å². The molecule has 10 rings (SSSR count). The number of aryl methyl sites for hydroxylation is 1. The van der Waals surface area contributed by atoms with E-state index in [2.05, 4.69) is 15.2 Å². The molecule has 2 aromatic heterocycles. The molecule has 0 saturated carbocycles. The predicted molar refractivity (Wildman–Crippen MR) is 203 cm³/mol. The number of alkyl halides is 3. The van der Waals surface area contributed by atoms with Crippen LogP contribution >= 0.6 is 0 Å². The summed E-state index contributed by atoms with van der Waals surface area (Å²) < 4.78 is 77.7. The highest BCUT2D eigenvalue weighted by molar-refractivity contribution is 6.02. The van der Waals surface area contributed by atoms with Gasteiger partial charge in [0.15, 0.2) is 5.82 Å². The standard InChI is InChI=1S/C41H45F4N7O5/c1-39-9-4-13-51(23-39)35-30-21-46-33(32(43)34(30)47-36(48-35)56-24-40-10-5-14-52(40)22-27(42)20-40)29-19-28(57-38(54)50-15-11-41(44,45)12-16-50)18-26-7-2-6-25(31(26)29)8-3-17-55-37(53)49-39/h2,6-7,18-19,21,27H,3-5,8-17,20,22-24H2,1H3,(H,49,53)/t27-,39-,40+/m1/s1. The number of rotatable bonds is 4. The smallest absolute Gasteiger partial charge is 0.415 e. The Balaban J connectivity index is 1.17. The maximum absolute atomic E-state index is 17.5. The Labute approximate surface area is 326 Å². The largest absolute Gasteiger partial charge is 0.461 e. The summed E-state index contributed by atoms with van der Waals surface area (Å²) >= 11 is 0. The summed E-state index contributed by atoms with van der Waals surface area (Å²) in [7, 11) is 0. The first-order chi connectivity index (χ1) is 27.4. The number of pyridine rings is 1. The van der Waals surface area contributed by atoms with E-state index < -0.39 is 54.0 Å². The molecule has 6 aliphatic rings. The second-order valence-electron chi connectivity index (χ2n) is 16.5. The lowest BCUT2D eigenvalue weighted by atomic mass is 9.91. The zero-order valence-electron chi connectivity index (χ0n) is 31.8. The van der Waals surface area contributed by atoms with Crippen molar-refractivity contribution < 1.29 is 41.4 Å². The molecule has 1 N–H and O–H groups in total. The summed E-state index contributed by atoms with van der Waals surface area (Å²) in [5.74, 6) is -3.12. The molecule has 302 valence electrons. The predicted octanol–water partition coefficient (Wildman–Crippen LogP) is 7.20. The number of amides is 2. The number of anilines is 1. The average molecular weight is 792 g/mol. The minimum absolute atomic E-state index is 0.0400. The normalized spacial score (nSPS) is 26.3. The van der Waals surface area contributed by atoms with E-state index in [1.165, 1.54) is 17.2 Å². The number of likely N-dealkylation sites (tertiary alicyclic amines) is 1. The zero-order chi connectivity index (χ0) is 39.5. The lowest BCUT2D eigenvalue weighted by molar-refractivity contribution is -0.0496. The first-order valence-corrected chi connectivity index (χ1v) is 19.9. The second kappa shape index (κ2) is 14.4. The molecule has 0 aliphatic carbocycles. The Kier molecular flexibility index (Phi) is 9.52. The molecular formula is C41H45F4N7O5. The molecule has 0 radical (unpaired) electrons. The minimum Gasteiger partial charge on any atom is -0.461 e. The van der Waals surface area contributed by atoms with E-state index in [4.69, 9.17) is 24.2 Å². The average Bonchev–Trinajstić information content (AvgIpc) is 3.70. The van der Waals surface area contributed by atoms with Crippen LogP contribution in [0.4, 0.5) is 33.0 Å². The molecule has 8 heterocycles. The van der Waals surface area contributed by atoms with Crippen molar-refractivity contribution in [3.63, 3.8) is 0 Å². The number of nitrogens with one attached hydrogen (secondary N) is 1. The van der Waals surface area contributed by atoms with E-state index in [0.29, 0.717) is 79.3 Å². The third kappa shape index (κ3) is 7.25. The van der Waals surface area contributed by atoms with Gasteiger partial charge in [-0.1, -0.05) is 18.2 Å². The van der Waals surface area contributed by atoms with Crippen LogP contribution in [-0.4, -0.2) is 113 Å². The molecule has 57 heavy (non-hydrogen) atoms. The topological polar surface area (TPSA) is 122 Å². The molecule has 2 amide bonds. The highest BCUT2D eigenvalue weighted by atomic mass is 19.3. The Bertz CT molecular complexity index is 2240. The van der Waals surface area contributed by atoms with Gasteiger partial charge in [-0.05, 0) is 80.5 Å². The zero-order valence-corrected chi connectivity index (χ0v) is 31.8. The molecule has 3 atom stereocenters. The number of fused-ring (bicyclic) bond motifs is 7. The number of aromatic nitrogens is 3. The van der Waals surface area contributed by atoms with Crippen LogP contribution in [0, 0.1) is 5.82 Å². The van der Waals surface area contributed by atoms with Crippen molar-refractivity contribution >= 4 is 39.7 Å². The summed E-state index contributed by atoms with van der Waals surface area (Å²) in [6, 6.07) is 8.67. The number of ether oxygens (including phenoxy) is 3. The van der Waals surface area contributed by atoms with E-state index in [-0.39, 0.29) is 49.3 Å². The molecule has 4 aromatic rings. The van der Waals surface area contributed by atoms with E-state index in [1.807, 2.05) is 30.0 Å². The molecule has 4 saturated heterocycles. The van der Waals surface area contributed by atoms with Crippen molar-refractivity contribution in [2.24, 2.45) is 0 Å². The van der Waals surface area contributed by atoms with E-state index in [0.717, 1.165) is 24.9 Å². The van der Waals surface area contributed by atoms with Gasteiger partial charge in [-0.15, -0.1) is 0 Å². The molecule has 4 fully saturated rings. The molecule has 0 spiro atoms. The maximum Gasteiger partial charge on any atom is 0.415 e. The third-order valence-electron chi connectivity index (χ3n) is 12.3. The summed E-state index contributed by atoms with van der Waals surface area (Å²) in [5.41, 5.74) is -0.140. The van der Waals surface area contributed by atoms with Crippen LogP contribution in [0.25, 0.3) is 32.9 Å². The summed E-state index contributed by atoms with van der Waals surface area (Å²) in [4.78, 5) is 45.9. The summed E-state index contributed by atoms with van der Waals surface area (Å²) in [6.45, 7) is 3.91. The lowest BCUT2D eigenvalue weighted by Gasteiger charge is -2.41. The highest BCUT2D eigenvalue weighted by Crippen LogP contribution is 2.42. The number of carbonyl (C=O) groups is 2. The van der Waals surface area contributed by atoms with Crippen LogP contribution < -0.4 is 19.7 Å². The molecule has 0 unspecified atom stereocenters. The quantitative estimate of drug-likeness (QED) is 0.213. The fourth-order valence-electron chi connectivity index (χ4n) is 9.51. The van der Waals surface area contributed by atoms with Crippen LogP contribution in [-0.2, 0) is 11.2 Å². The van der Waals surface area contributed by atoms with Gasteiger partial charge in [-0.2, -0.15) is 9.97 Å². The van der Waals surface area contributed by atoms with Crippen molar-refractivity contribution in [3.05, 3.63) is 47.9 Å². The monoisotopic (exact) mass is 791 g/mol. The van der Waals surface area contributed by atoms with Gasteiger partial charge in [-0.3, -0.25) is 9.88 Å². The number of carbonyl (C=O) groups excluding carboxylic acids is 2. The van der Waals surface area contributed by atoms with Gasteiger partial charge in [0, 0.05) is 63.7 Å². The minimum atomic E-state index is -2.85. The van der Waals surface area contributed by atoms with Gasteiger partial charge in [0.2, 0.25) is 0 Å². The van der Waals surface area contributed by atoms with Crippen molar-refractivity contribution in [1.29, 1.82) is 0 Å². The highest BCUT2D eigenvalue weighted by Gasteiger charge is 2.49. The number of hydrogen-bond donors (Lipinski definition) is 1. The van der Waals surface area contributed by atoms with Crippen LogP contribution in [0.15, 0.2) is 36.5 Å². The maximum atomic E-state index is 17.5. The van der Waals surface area contributed by atoms with Crippen molar-refractivity contribution in [2.45, 2.75) is 87.9 Å². The fraction of sp³-hybridized carbons (Fsp3) is 0.537. The molecule has 6 aliphatic heterocycles. The number of halogens is 4. The SMILES string of the molecule is C[C@@]12CCCN(C1)c1nc(OC[C@@]34CCCN3C[C@H](F)C4)nc3c(F)c(ncc13)-c1cc(OC(=O)N3CCC(F)(F)CC3)cc3cccc(c13)CCCOC(=O)N2. The van der Waals surface area contributed by atoms with Crippen LogP contribution in [0.3, 0.4) is 0 Å². The number of benzene rings is 2. The Morgan fingerprint density at radius 2 is 1.88 bits per heavy atom. The Hall–Kier alpha value is -4.99. The summed E-state index contributed by atoms with van der Waals surface area (Å²) in [6.07, 6.45) is 2.64. The molecule has 2 aromatic carbocycles. The van der Waals surface area contributed by atoms with E-state index in [9.17, 15) is 22.8 Å².